The second-order valence-corrected chi connectivity index (χ2v) is 7.04. The first kappa shape index (κ1) is 15.5. The van der Waals surface area contributed by atoms with Crippen LogP contribution in [0.5, 0.6) is 0 Å². The molecule has 1 saturated heterocycles. The van der Waals surface area contributed by atoms with Gasteiger partial charge in [0.05, 0.1) is 5.60 Å². The van der Waals surface area contributed by atoms with Crippen LogP contribution in [-0.4, -0.2) is 30.8 Å². The quantitative estimate of drug-likeness (QED) is 0.889. The number of anilines is 1. The van der Waals surface area contributed by atoms with Crippen LogP contribution >= 0.6 is 11.3 Å². The third-order valence-electron chi connectivity index (χ3n) is 4.49. The van der Waals surface area contributed by atoms with Gasteiger partial charge in [-0.1, -0.05) is 18.2 Å². The van der Waals surface area contributed by atoms with Crippen LogP contribution in [0.2, 0.25) is 0 Å². The van der Waals surface area contributed by atoms with E-state index in [1.807, 2.05) is 23.8 Å². The molecular weight excluding hydrogens is 292 g/mol. The number of benzene rings is 1. The van der Waals surface area contributed by atoms with Gasteiger partial charge in [0.1, 0.15) is 0 Å². The summed E-state index contributed by atoms with van der Waals surface area (Å²) in [6.07, 6.45) is 2.24. The molecule has 0 saturated carbocycles. The van der Waals surface area contributed by atoms with E-state index in [2.05, 4.69) is 40.5 Å². The van der Waals surface area contributed by atoms with Crippen molar-refractivity contribution in [3.8, 4) is 0 Å². The molecule has 0 aliphatic carbocycles. The maximum atomic E-state index is 10.6. The van der Waals surface area contributed by atoms with Gasteiger partial charge < -0.3 is 15.3 Å². The average Bonchev–Trinajstić information content (AvgIpc) is 3.10. The molecule has 1 aromatic carbocycles. The average molecular weight is 316 g/mol. The van der Waals surface area contributed by atoms with Crippen molar-refractivity contribution in [2.24, 2.45) is 0 Å². The number of hydrogen-bond acceptors (Lipinski definition) is 4. The van der Waals surface area contributed by atoms with Gasteiger partial charge in [0.15, 0.2) is 0 Å². The van der Waals surface area contributed by atoms with Gasteiger partial charge in [0.2, 0.25) is 0 Å². The molecule has 2 N–H and O–H groups in total. The van der Waals surface area contributed by atoms with Crippen LogP contribution in [0.1, 0.15) is 25.3 Å². The van der Waals surface area contributed by atoms with Crippen molar-refractivity contribution in [2.45, 2.75) is 31.4 Å². The van der Waals surface area contributed by atoms with Gasteiger partial charge in [0.25, 0.3) is 0 Å². The Balaban J connectivity index is 1.48. The third kappa shape index (κ3) is 3.69. The van der Waals surface area contributed by atoms with E-state index in [1.54, 1.807) is 11.3 Å². The van der Waals surface area contributed by atoms with Gasteiger partial charge in [-0.2, -0.15) is 11.3 Å². The molecule has 22 heavy (non-hydrogen) atoms. The SMILES string of the molecule is CC(O)(CNC1CCN(c2ccccc2)CC1)c1ccsc1. The molecule has 1 aromatic heterocycles. The Morgan fingerprint density at radius 2 is 1.95 bits per heavy atom. The molecule has 1 fully saturated rings. The molecule has 4 heteroatoms. The highest BCUT2D eigenvalue weighted by molar-refractivity contribution is 7.08. The number of nitrogens with zero attached hydrogens (tertiary/aromatic N) is 1. The summed E-state index contributed by atoms with van der Waals surface area (Å²) in [5.74, 6) is 0. The standard InChI is InChI=1S/C18H24N2OS/c1-18(21,15-9-12-22-13-15)14-19-16-7-10-20(11-8-16)17-5-3-2-4-6-17/h2-6,9,12-13,16,19,21H,7-8,10-11,14H2,1H3. The van der Waals surface area contributed by atoms with E-state index in [4.69, 9.17) is 0 Å². The Morgan fingerprint density at radius 3 is 2.59 bits per heavy atom. The number of rotatable bonds is 5. The zero-order chi connectivity index (χ0) is 15.4. The highest BCUT2D eigenvalue weighted by Crippen LogP contribution is 2.24. The largest absolute Gasteiger partial charge is 0.384 e. The lowest BCUT2D eigenvalue weighted by Gasteiger charge is -2.35. The van der Waals surface area contributed by atoms with Gasteiger partial charge >= 0.3 is 0 Å². The molecule has 1 unspecified atom stereocenters. The maximum Gasteiger partial charge on any atom is 0.1000 e. The van der Waals surface area contributed by atoms with Crippen LogP contribution in [0.15, 0.2) is 47.2 Å². The van der Waals surface area contributed by atoms with Gasteiger partial charge in [-0.3, -0.25) is 0 Å². The molecule has 118 valence electrons. The number of hydrogen-bond donors (Lipinski definition) is 2. The Kier molecular flexibility index (Phi) is 4.81. The lowest BCUT2D eigenvalue weighted by atomic mass is 9.97. The molecule has 1 atom stereocenters. The summed E-state index contributed by atoms with van der Waals surface area (Å²) < 4.78 is 0. The van der Waals surface area contributed by atoms with E-state index in [9.17, 15) is 5.11 Å². The van der Waals surface area contributed by atoms with Crippen LogP contribution in [0.4, 0.5) is 5.69 Å². The topological polar surface area (TPSA) is 35.5 Å². The molecule has 3 nitrogen and oxygen atoms in total. The summed E-state index contributed by atoms with van der Waals surface area (Å²) in [6.45, 7) is 4.64. The van der Waals surface area contributed by atoms with E-state index in [-0.39, 0.29) is 0 Å². The van der Waals surface area contributed by atoms with Gasteiger partial charge in [0, 0.05) is 31.4 Å². The van der Waals surface area contributed by atoms with Crippen molar-refractivity contribution < 1.29 is 5.11 Å². The summed E-state index contributed by atoms with van der Waals surface area (Å²) in [5, 5.41) is 18.2. The predicted octanol–water partition coefficient (Wildman–Crippen LogP) is 3.21. The molecule has 3 rings (SSSR count). The predicted molar refractivity (Wildman–Crippen MR) is 93.6 cm³/mol. The van der Waals surface area contributed by atoms with Crippen LogP contribution in [0, 0.1) is 0 Å². The van der Waals surface area contributed by atoms with E-state index in [1.165, 1.54) is 5.69 Å². The van der Waals surface area contributed by atoms with Crippen molar-refractivity contribution >= 4 is 17.0 Å². The zero-order valence-corrected chi connectivity index (χ0v) is 13.9. The second-order valence-electron chi connectivity index (χ2n) is 6.26. The van der Waals surface area contributed by atoms with Crippen molar-refractivity contribution in [1.82, 2.24) is 5.32 Å². The van der Waals surface area contributed by atoms with E-state index >= 15 is 0 Å². The van der Waals surface area contributed by atoms with Crippen molar-refractivity contribution in [3.63, 3.8) is 0 Å². The third-order valence-corrected chi connectivity index (χ3v) is 5.18. The Bertz CT molecular complexity index is 560. The Hall–Kier alpha value is -1.36. The van der Waals surface area contributed by atoms with Crippen LogP contribution < -0.4 is 10.2 Å². The normalized spacial score (nSPS) is 19.1. The molecule has 0 bridgehead atoms. The molecule has 1 aliphatic heterocycles. The molecule has 0 amide bonds. The second kappa shape index (κ2) is 6.82. The molecule has 0 radical (unpaired) electrons. The minimum Gasteiger partial charge on any atom is -0.384 e. The van der Waals surface area contributed by atoms with Gasteiger partial charge in [-0.05, 0) is 54.3 Å². The fourth-order valence-electron chi connectivity index (χ4n) is 3.00. The molecule has 1 aliphatic rings. The fraction of sp³-hybridized carbons (Fsp3) is 0.444. The fourth-order valence-corrected chi connectivity index (χ4v) is 3.78. The molecule has 2 aromatic rings. The van der Waals surface area contributed by atoms with Crippen LogP contribution in [0.3, 0.4) is 0 Å². The first-order valence-corrected chi connectivity index (χ1v) is 8.88. The van der Waals surface area contributed by atoms with E-state index < -0.39 is 5.60 Å². The number of nitrogens with one attached hydrogen (secondary N) is 1. The smallest absolute Gasteiger partial charge is 0.1000 e. The molecule has 2 heterocycles. The summed E-state index contributed by atoms with van der Waals surface area (Å²) in [4.78, 5) is 2.44. The van der Waals surface area contributed by atoms with Crippen molar-refractivity contribution in [3.05, 3.63) is 52.7 Å². The lowest BCUT2D eigenvalue weighted by molar-refractivity contribution is 0.0532. The zero-order valence-electron chi connectivity index (χ0n) is 13.0. The highest BCUT2D eigenvalue weighted by Gasteiger charge is 2.26. The number of thiophene rings is 1. The minimum absolute atomic E-state index is 0.491. The molecule has 0 spiro atoms. The first-order valence-electron chi connectivity index (χ1n) is 7.93. The van der Waals surface area contributed by atoms with Gasteiger partial charge in [-0.25, -0.2) is 0 Å². The van der Waals surface area contributed by atoms with Crippen LogP contribution in [-0.2, 0) is 5.60 Å². The maximum absolute atomic E-state index is 10.6. The summed E-state index contributed by atoms with van der Waals surface area (Å²) in [6, 6.07) is 13.1. The summed E-state index contributed by atoms with van der Waals surface area (Å²) in [7, 11) is 0. The van der Waals surface area contributed by atoms with E-state index in [0.717, 1.165) is 31.5 Å². The summed E-state index contributed by atoms with van der Waals surface area (Å²) in [5.41, 5.74) is 1.54. The lowest BCUT2D eigenvalue weighted by Crippen LogP contribution is -2.46. The minimum atomic E-state index is -0.781. The van der Waals surface area contributed by atoms with Crippen molar-refractivity contribution in [2.75, 3.05) is 24.5 Å². The Labute approximate surface area is 136 Å². The highest BCUT2D eigenvalue weighted by atomic mass is 32.1. The number of piperidine rings is 1. The molecular formula is C18H24N2OS. The first-order chi connectivity index (χ1) is 10.6. The number of aliphatic hydroxyl groups is 1. The van der Waals surface area contributed by atoms with E-state index in [0.29, 0.717) is 12.6 Å². The van der Waals surface area contributed by atoms with Gasteiger partial charge in [-0.15, -0.1) is 0 Å². The monoisotopic (exact) mass is 316 g/mol. The summed E-state index contributed by atoms with van der Waals surface area (Å²) >= 11 is 1.63. The van der Waals surface area contributed by atoms with Crippen molar-refractivity contribution in [1.29, 1.82) is 0 Å². The van der Waals surface area contributed by atoms with Crippen LogP contribution in [0.25, 0.3) is 0 Å². The Morgan fingerprint density at radius 1 is 1.23 bits per heavy atom. The number of para-hydroxylation sites is 1.